The number of nitro benzene ring substituents is 1. The molecule has 27 heavy (non-hydrogen) atoms. The number of rotatable bonds is 6. The van der Waals surface area contributed by atoms with Gasteiger partial charge in [0.05, 0.1) is 17.7 Å². The van der Waals surface area contributed by atoms with E-state index in [1.54, 1.807) is 19.1 Å². The van der Waals surface area contributed by atoms with Crippen LogP contribution in [-0.2, 0) is 9.53 Å². The maximum absolute atomic E-state index is 12.2. The summed E-state index contributed by atoms with van der Waals surface area (Å²) in [5, 5.41) is 14.2. The number of para-hydroxylation sites is 1. The van der Waals surface area contributed by atoms with Crippen molar-refractivity contribution >= 4 is 34.9 Å². The number of ether oxygens (including phenoxy) is 2. The molecule has 0 aliphatic carbocycles. The predicted octanol–water partition coefficient (Wildman–Crippen LogP) is 3.67. The lowest BCUT2D eigenvalue weighted by Crippen LogP contribution is -2.21. The molecule has 8 nitrogen and oxygen atoms in total. The minimum atomic E-state index is -0.959. The molecule has 142 valence electrons. The van der Waals surface area contributed by atoms with Gasteiger partial charge in [0, 0.05) is 16.7 Å². The van der Waals surface area contributed by atoms with E-state index in [2.05, 4.69) is 5.32 Å². The Kier molecular flexibility index (Phi) is 6.36. The maximum Gasteiger partial charge on any atom is 0.345 e. The van der Waals surface area contributed by atoms with Gasteiger partial charge < -0.3 is 14.8 Å². The SMILES string of the molecule is COc1cc(Cl)c(C)cc1NC(=O)COC(=O)c1cccc(C)c1[N+](=O)[O-]. The van der Waals surface area contributed by atoms with Crippen LogP contribution in [0.4, 0.5) is 11.4 Å². The molecule has 0 saturated carbocycles. The van der Waals surface area contributed by atoms with Crippen molar-refractivity contribution in [1.29, 1.82) is 0 Å². The van der Waals surface area contributed by atoms with Gasteiger partial charge in [-0.05, 0) is 31.5 Å². The molecule has 0 aliphatic rings. The van der Waals surface area contributed by atoms with Gasteiger partial charge in [-0.3, -0.25) is 14.9 Å². The molecule has 0 aliphatic heterocycles. The number of methoxy groups -OCH3 is 1. The Morgan fingerprint density at radius 3 is 2.56 bits per heavy atom. The quantitative estimate of drug-likeness (QED) is 0.456. The highest BCUT2D eigenvalue weighted by Gasteiger charge is 2.24. The molecule has 0 spiro atoms. The number of benzene rings is 2. The summed E-state index contributed by atoms with van der Waals surface area (Å²) >= 11 is 6.01. The Morgan fingerprint density at radius 1 is 1.22 bits per heavy atom. The molecular weight excluding hydrogens is 376 g/mol. The molecule has 2 aromatic carbocycles. The van der Waals surface area contributed by atoms with E-state index < -0.39 is 23.4 Å². The summed E-state index contributed by atoms with van der Waals surface area (Å²) in [4.78, 5) is 34.7. The first-order valence-corrected chi connectivity index (χ1v) is 8.17. The number of nitrogens with zero attached hydrogens (tertiary/aromatic N) is 1. The number of carbonyl (C=O) groups is 2. The first kappa shape index (κ1) is 20.2. The van der Waals surface area contributed by atoms with Crippen LogP contribution in [0.2, 0.25) is 5.02 Å². The second-order valence-electron chi connectivity index (χ2n) is 5.65. The van der Waals surface area contributed by atoms with E-state index in [1.807, 2.05) is 0 Å². The lowest BCUT2D eigenvalue weighted by atomic mass is 10.1. The van der Waals surface area contributed by atoms with Crippen LogP contribution in [0.25, 0.3) is 0 Å². The Morgan fingerprint density at radius 2 is 1.93 bits per heavy atom. The van der Waals surface area contributed by atoms with Crippen LogP contribution in [0, 0.1) is 24.0 Å². The van der Waals surface area contributed by atoms with Gasteiger partial charge in [0.15, 0.2) is 6.61 Å². The number of anilines is 1. The number of amides is 1. The molecule has 1 N–H and O–H groups in total. The molecule has 0 radical (unpaired) electrons. The van der Waals surface area contributed by atoms with Crippen molar-refractivity contribution in [3.05, 3.63) is 62.2 Å². The highest BCUT2D eigenvalue weighted by Crippen LogP contribution is 2.31. The molecule has 2 aromatic rings. The molecule has 2 rings (SSSR count). The Balaban J connectivity index is 2.09. The minimum Gasteiger partial charge on any atom is -0.495 e. The van der Waals surface area contributed by atoms with Crippen LogP contribution >= 0.6 is 11.6 Å². The van der Waals surface area contributed by atoms with E-state index >= 15 is 0 Å². The average molecular weight is 393 g/mol. The second kappa shape index (κ2) is 8.50. The lowest BCUT2D eigenvalue weighted by Gasteiger charge is -2.12. The van der Waals surface area contributed by atoms with Crippen LogP contribution < -0.4 is 10.1 Å². The van der Waals surface area contributed by atoms with Crippen LogP contribution in [-0.4, -0.2) is 30.5 Å². The Hall–Kier alpha value is -3.13. The normalized spacial score (nSPS) is 10.2. The monoisotopic (exact) mass is 392 g/mol. The van der Waals surface area contributed by atoms with Crippen LogP contribution in [0.1, 0.15) is 21.5 Å². The smallest absolute Gasteiger partial charge is 0.345 e. The van der Waals surface area contributed by atoms with Crippen molar-refractivity contribution < 1.29 is 24.0 Å². The van der Waals surface area contributed by atoms with Gasteiger partial charge in [0.2, 0.25) is 0 Å². The molecule has 0 fully saturated rings. The summed E-state index contributed by atoms with van der Waals surface area (Å²) in [6, 6.07) is 7.45. The van der Waals surface area contributed by atoms with Crippen molar-refractivity contribution in [3.8, 4) is 5.75 Å². The first-order valence-electron chi connectivity index (χ1n) is 7.79. The van der Waals surface area contributed by atoms with Crippen molar-refractivity contribution in [1.82, 2.24) is 0 Å². The van der Waals surface area contributed by atoms with E-state index in [1.165, 1.54) is 32.2 Å². The maximum atomic E-state index is 12.2. The summed E-state index contributed by atoms with van der Waals surface area (Å²) in [7, 11) is 1.42. The zero-order chi connectivity index (χ0) is 20.1. The second-order valence-corrected chi connectivity index (χ2v) is 6.06. The average Bonchev–Trinajstić information content (AvgIpc) is 2.61. The summed E-state index contributed by atoms with van der Waals surface area (Å²) in [6.45, 7) is 2.65. The standard InChI is InChI=1S/C18H17ClN2O6/c1-10-5-4-6-12(17(10)21(24)25)18(23)27-9-16(22)20-14-7-11(2)13(19)8-15(14)26-3/h4-8H,9H2,1-3H3,(H,20,22). The largest absolute Gasteiger partial charge is 0.495 e. The van der Waals surface area contributed by atoms with E-state index in [4.69, 9.17) is 21.1 Å². The van der Waals surface area contributed by atoms with Crippen molar-refractivity contribution in [2.24, 2.45) is 0 Å². The van der Waals surface area contributed by atoms with Crippen molar-refractivity contribution in [3.63, 3.8) is 0 Å². The fraction of sp³-hybridized carbons (Fsp3) is 0.222. The molecule has 0 bridgehead atoms. The van der Waals surface area contributed by atoms with Gasteiger partial charge in [-0.1, -0.05) is 23.7 Å². The molecule has 1 amide bonds. The van der Waals surface area contributed by atoms with E-state index in [-0.39, 0.29) is 11.3 Å². The minimum absolute atomic E-state index is 0.215. The number of hydrogen-bond acceptors (Lipinski definition) is 6. The van der Waals surface area contributed by atoms with Gasteiger partial charge in [-0.2, -0.15) is 0 Å². The molecule has 0 atom stereocenters. The Bertz CT molecular complexity index is 913. The molecule has 0 heterocycles. The van der Waals surface area contributed by atoms with Gasteiger partial charge in [-0.15, -0.1) is 0 Å². The third-order valence-electron chi connectivity index (χ3n) is 3.73. The number of carbonyl (C=O) groups excluding carboxylic acids is 2. The van der Waals surface area contributed by atoms with E-state index in [9.17, 15) is 19.7 Å². The van der Waals surface area contributed by atoms with Gasteiger partial charge >= 0.3 is 5.97 Å². The summed E-state index contributed by atoms with van der Waals surface area (Å²) in [6.07, 6.45) is 0. The fourth-order valence-corrected chi connectivity index (χ4v) is 2.54. The first-order chi connectivity index (χ1) is 12.7. The fourth-order valence-electron chi connectivity index (χ4n) is 2.39. The topological polar surface area (TPSA) is 108 Å². The van der Waals surface area contributed by atoms with Crippen LogP contribution in [0.5, 0.6) is 5.75 Å². The summed E-state index contributed by atoms with van der Waals surface area (Å²) in [5.74, 6) is -1.24. The number of halogens is 1. The number of hydrogen-bond donors (Lipinski definition) is 1. The third kappa shape index (κ3) is 4.73. The predicted molar refractivity (Wildman–Crippen MR) is 99.5 cm³/mol. The van der Waals surface area contributed by atoms with Crippen molar-refractivity contribution in [2.75, 3.05) is 19.0 Å². The Labute approximate surface area is 160 Å². The van der Waals surface area contributed by atoms with E-state index in [0.717, 1.165) is 5.56 Å². The van der Waals surface area contributed by atoms with Gasteiger partial charge in [0.1, 0.15) is 11.3 Å². The molecular formula is C18H17ClN2O6. The number of aryl methyl sites for hydroxylation is 2. The number of nitrogens with one attached hydrogen (secondary N) is 1. The van der Waals surface area contributed by atoms with Gasteiger partial charge in [-0.25, -0.2) is 4.79 Å². The van der Waals surface area contributed by atoms with Crippen molar-refractivity contribution in [2.45, 2.75) is 13.8 Å². The number of nitro groups is 1. The third-order valence-corrected chi connectivity index (χ3v) is 4.14. The summed E-state index contributed by atoms with van der Waals surface area (Å²) < 4.78 is 10.1. The molecule has 0 unspecified atom stereocenters. The lowest BCUT2D eigenvalue weighted by molar-refractivity contribution is -0.385. The highest BCUT2D eigenvalue weighted by molar-refractivity contribution is 6.31. The molecule has 9 heteroatoms. The zero-order valence-corrected chi connectivity index (χ0v) is 15.6. The molecule has 0 aromatic heterocycles. The van der Waals surface area contributed by atoms with E-state index in [0.29, 0.717) is 22.0 Å². The van der Waals surface area contributed by atoms with Crippen LogP contribution in [0.15, 0.2) is 30.3 Å². The molecule has 0 saturated heterocycles. The highest BCUT2D eigenvalue weighted by atomic mass is 35.5. The summed E-state index contributed by atoms with van der Waals surface area (Å²) in [5.41, 5.74) is 0.841. The van der Waals surface area contributed by atoms with Crippen LogP contribution in [0.3, 0.4) is 0 Å². The zero-order valence-electron chi connectivity index (χ0n) is 14.9. The number of esters is 1. The van der Waals surface area contributed by atoms with Gasteiger partial charge in [0.25, 0.3) is 11.6 Å².